The Morgan fingerprint density at radius 3 is 2.59 bits per heavy atom. The van der Waals surface area contributed by atoms with E-state index in [0.29, 0.717) is 12.9 Å². The number of rotatable bonds is 9. The molecule has 0 aliphatic rings. The van der Waals surface area contributed by atoms with Gasteiger partial charge in [0.05, 0.1) is 19.1 Å². The number of nitrogens with two attached hydrogens (primary N) is 1. The maximum atomic E-state index is 11.2. The molecule has 0 aliphatic carbocycles. The van der Waals surface area contributed by atoms with Gasteiger partial charge in [-0.05, 0) is 6.42 Å². The summed E-state index contributed by atoms with van der Waals surface area (Å²) in [5.74, 6) is -0.648. The molecule has 0 heterocycles. The van der Waals surface area contributed by atoms with Gasteiger partial charge in [-0.2, -0.15) is 0 Å². The summed E-state index contributed by atoms with van der Waals surface area (Å²) < 4.78 is 4.84. The van der Waals surface area contributed by atoms with Crippen LogP contribution in [-0.4, -0.2) is 30.9 Å². The average Bonchev–Trinajstić information content (AvgIpc) is 2.27. The number of alkyl carbamates (subject to hydrolysis) is 1. The van der Waals surface area contributed by atoms with E-state index in [1.807, 2.05) is 0 Å². The molecule has 0 radical (unpaired) electrons. The van der Waals surface area contributed by atoms with Crippen molar-refractivity contribution >= 4 is 18.3 Å². The lowest BCUT2D eigenvalue weighted by Crippen LogP contribution is -2.39. The number of hydrogen-bond acceptors (Lipinski definition) is 4. The van der Waals surface area contributed by atoms with Crippen molar-refractivity contribution in [1.82, 2.24) is 5.32 Å². The van der Waals surface area contributed by atoms with E-state index in [1.54, 1.807) is 0 Å². The Labute approximate surface area is 101 Å². The number of ether oxygens (including phenoxy) is 1. The molecule has 0 saturated carbocycles. The molecule has 3 N–H and O–H groups in total. The van der Waals surface area contributed by atoms with Gasteiger partial charge in [-0.3, -0.25) is 4.79 Å². The van der Waals surface area contributed by atoms with Crippen LogP contribution in [0, 0.1) is 0 Å². The van der Waals surface area contributed by atoms with Crippen LogP contribution in [0.1, 0.15) is 39.0 Å². The zero-order chi connectivity index (χ0) is 13.1. The van der Waals surface area contributed by atoms with Gasteiger partial charge in [0.15, 0.2) is 0 Å². The maximum absolute atomic E-state index is 11.2. The second-order valence-corrected chi connectivity index (χ2v) is 3.75. The van der Waals surface area contributed by atoms with Gasteiger partial charge in [0.25, 0.3) is 0 Å². The molecule has 0 fully saturated rings. The molecule has 0 aromatic rings. The predicted octanol–water partition coefficient (Wildman–Crippen LogP) is 0.736. The Morgan fingerprint density at radius 2 is 2.06 bits per heavy atom. The SMILES string of the molecule is CCCCCCOC(=O)NC(C=O)CC(N)=O. The number of carbonyl (C=O) groups is 3. The fraction of sp³-hybridized carbons (Fsp3) is 0.727. The van der Waals surface area contributed by atoms with Gasteiger partial charge in [-0.25, -0.2) is 4.79 Å². The van der Waals surface area contributed by atoms with Gasteiger partial charge >= 0.3 is 6.09 Å². The summed E-state index contributed by atoms with van der Waals surface area (Å²) >= 11 is 0. The Kier molecular flexibility index (Phi) is 8.72. The summed E-state index contributed by atoms with van der Waals surface area (Å²) in [4.78, 5) is 32.2. The van der Waals surface area contributed by atoms with Crippen molar-refractivity contribution in [3.8, 4) is 0 Å². The second kappa shape index (κ2) is 9.62. The number of carbonyl (C=O) groups excluding carboxylic acids is 3. The van der Waals surface area contributed by atoms with Crippen molar-refractivity contribution in [2.24, 2.45) is 5.73 Å². The van der Waals surface area contributed by atoms with Crippen molar-refractivity contribution in [3.63, 3.8) is 0 Å². The largest absolute Gasteiger partial charge is 0.450 e. The minimum absolute atomic E-state index is 0.214. The molecule has 0 aliphatic heterocycles. The van der Waals surface area contributed by atoms with Gasteiger partial charge in [0.1, 0.15) is 6.29 Å². The zero-order valence-electron chi connectivity index (χ0n) is 10.1. The minimum atomic E-state index is -0.907. The van der Waals surface area contributed by atoms with E-state index in [-0.39, 0.29) is 6.42 Å². The second-order valence-electron chi connectivity index (χ2n) is 3.75. The van der Waals surface area contributed by atoms with Crippen molar-refractivity contribution in [3.05, 3.63) is 0 Å². The number of primary amides is 1. The topological polar surface area (TPSA) is 98.5 Å². The van der Waals surface area contributed by atoms with Crippen LogP contribution in [0.5, 0.6) is 0 Å². The third-order valence-corrected chi connectivity index (χ3v) is 2.12. The first-order valence-electron chi connectivity index (χ1n) is 5.77. The lowest BCUT2D eigenvalue weighted by Gasteiger charge is -2.11. The summed E-state index contributed by atoms with van der Waals surface area (Å²) in [6.45, 7) is 2.40. The number of unbranched alkanes of at least 4 members (excludes halogenated alkanes) is 3. The number of amides is 2. The van der Waals surface area contributed by atoms with Crippen LogP contribution in [0.2, 0.25) is 0 Å². The van der Waals surface area contributed by atoms with Gasteiger partial charge in [0.2, 0.25) is 5.91 Å². The first kappa shape index (κ1) is 15.4. The third-order valence-electron chi connectivity index (χ3n) is 2.12. The Hall–Kier alpha value is -1.59. The van der Waals surface area contributed by atoms with Crippen LogP contribution in [-0.2, 0) is 14.3 Å². The fourth-order valence-electron chi connectivity index (χ4n) is 1.24. The molecule has 17 heavy (non-hydrogen) atoms. The first-order valence-corrected chi connectivity index (χ1v) is 5.77. The highest BCUT2D eigenvalue weighted by Crippen LogP contribution is 1.99. The van der Waals surface area contributed by atoms with E-state index in [2.05, 4.69) is 12.2 Å². The molecular formula is C11H20N2O4. The molecule has 1 atom stereocenters. The van der Waals surface area contributed by atoms with Gasteiger partial charge in [0, 0.05) is 0 Å². The molecule has 0 aromatic heterocycles. The maximum Gasteiger partial charge on any atom is 0.407 e. The van der Waals surface area contributed by atoms with E-state index in [1.165, 1.54) is 0 Å². The van der Waals surface area contributed by atoms with Crippen LogP contribution in [0.4, 0.5) is 4.79 Å². The third kappa shape index (κ3) is 9.35. The monoisotopic (exact) mass is 244 g/mol. The van der Waals surface area contributed by atoms with Crippen LogP contribution in [0.3, 0.4) is 0 Å². The van der Waals surface area contributed by atoms with Gasteiger partial charge < -0.3 is 20.6 Å². The summed E-state index contributed by atoms with van der Waals surface area (Å²) in [6.07, 6.45) is 3.56. The Balaban J connectivity index is 3.68. The molecule has 0 aromatic carbocycles. The highest BCUT2D eigenvalue weighted by molar-refractivity contribution is 5.81. The molecule has 6 heteroatoms. The molecular weight excluding hydrogens is 224 g/mol. The van der Waals surface area contributed by atoms with Crippen molar-refractivity contribution < 1.29 is 19.1 Å². The Bertz CT molecular complexity index is 256. The van der Waals surface area contributed by atoms with E-state index in [9.17, 15) is 14.4 Å². The highest BCUT2D eigenvalue weighted by atomic mass is 16.5. The van der Waals surface area contributed by atoms with Gasteiger partial charge in [-0.15, -0.1) is 0 Å². The summed E-state index contributed by atoms with van der Waals surface area (Å²) in [7, 11) is 0. The summed E-state index contributed by atoms with van der Waals surface area (Å²) in [5, 5.41) is 2.26. The molecule has 0 saturated heterocycles. The zero-order valence-corrected chi connectivity index (χ0v) is 10.1. The fourth-order valence-corrected chi connectivity index (χ4v) is 1.24. The first-order chi connectivity index (χ1) is 8.10. The van der Waals surface area contributed by atoms with E-state index < -0.39 is 18.0 Å². The van der Waals surface area contributed by atoms with E-state index in [0.717, 1.165) is 25.7 Å². The van der Waals surface area contributed by atoms with Crippen LogP contribution in [0.25, 0.3) is 0 Å². The quantitative estimate of drug-likeness (QED) is 0.461. The molecule has 0 rings (SSSR count). The van der Waals surface area contributed by atoms with Crippen molar-refractivity contribution in [1.29, 1.82) is 0 Å². The highest BCUT2D eigenvalue weighted by Gasteiger charge is 2.14. The molecule has 0 spiro atoms. The molecule has 1 unspecified atom stereocenters. The average molecular weight is 244 g/mol. The van der Waals surface area contributed by atoms with E-state index >= 15 is 0 Å². The van der Waals surface area contributed by atoms with Crippen LogP contribution in [0.15, 0.2) is 0 Å². The number of hydrogen-bond donors (Lipinski definition) is 2. The summed E-state index contributed by atoms with van der Waals surface area (Å²) in [6, 6.07) is -0.907. The lowest BCUT2D eigenvalue weighted by molar-refractivity contribution is -0.120. The normalized spacial score (nSPS) is 11.6. The minimum Gasteiger partial charge on any atom is -0.450 e. The number of aldehydes is 1. The van der Waals surface area contributed by atoms with E-state index in [4.69, 9.17) is 10.5 Å². The molecule has 6 nitrogen and oxygen atoms in total. The lowest BCUT2D eigenvalue weighted by atomic mass is 10.2. The van der Waals surface area contributed by atoms with Crippen molar-refractivity contribution in [2.75, 3.05) is 6.61 Å². The van der Waals surface area contributed by atoms with Gasteiger partial charge in [-0.1, -0.05) is 26.2 Å². The predicted molar refractivity (Wildman–Crippen MR) is 62.3 cm³/mol. The molecule has 2 amide bonds. The number of nitrogens with one attached hydrogen (secondary N) is 1. The smallest absolute Gasteiger partial charge is 0.407 e. The Morgan fingerprint density at radius 1 is 1.35 bits per heavy atom. The van der Waals surface area contributed by atoms with Crippen molar-refractivity contribution in [2.45, 2.75) is 45.1 Å². The van der Waals surface area contributed by atoms with Crippen LogP contribution >= 0.6 is 0 Å². The standard InChI is InChI=1S/C11H20N2O4/c1-2-3-4-5-6-17-11(16)13-9(8-14)7-10(12)15/h8-9H,2-7H2,1H3,(H2,12,15)(H,13,16). The molecule has 98 valence electrons. The molecule has 0 bridgehead atoms. The van der Waals surface area contributed by atoms with Crippen LogP contribution < -0.4 is 11.1 Å². The summed E-state index contributed by atoms with van der Waals surface area (Å²) in [5.41, 5.74) is 4.91.